The molecule has 0 aliphatic heterocycles. The fourth-order valence-corrected chi connectivity index (χ4v) is 7.96. The smallest absolute Gasteiger partial charge is 0.306 e. The highest BCUT2D eigenvalue weighted by atomic mass is 16.6. The van der Waals surface area contributed by atoms with Gasteiger partial charge in [-0.1, -0.05) is 253 Å². The van der Waals surface area contributed by atoms with E-state index in [4.69, 9.17) is 14.2 Å². The molecule has 6 nitrogen and oxygen atoms in total. The van der Waals surface area contributed by atoms with Gasteiger partial charge in [0.2, 0.25) is 0 Å². The Balaban J connectivity index is 4.33. The van der Waals surface area contributed by atoms with Crippen molar-refractivity contribution in [1.29, 1.82) is 0 Å². The van der Waals surface area contributed by atoms with E-state index in [0.717, 1.165) is 69.6 Å². The summed E-state index contributed by atoms with van der Waals surface area (Å²) >= 11 is 0. The van der Waals surface area contributed by atoms with Crippen LogP contribution >= 0.6 is 0 Å². The molecule has 0 spiro atoms. The van der Waals surface area contributed by atoms with E-state index in [1.807, 2.05) is 0 Å². The van der Waals surface area contributed by atoms with Gasteiger partial charge in [0.15, 0.2) is 6.10 Å². The lowest BCUT2D eigenvalue weighted by Crippen LogP contribution is -2.30. The Morgan fingerprint density at radius 2 is 0.644 bits per heavy atom. The summed E-state index contributed by atoms with van der Waals surface area (Å²) in [5.41, 5.74) is 0. The van der Waals surface area contributed by atoms with Gasteiger partial charge < -0.3 is 14.2 Å². The molecular formula is C53H102O6. The SMILES string of the molecule is CCCCCCCCCCCCCCCC(=O)OC[C@H](COC(=O)CCCCCCCCCCCCC(C)CC)OC(=O)CCCCCCCCCCCCCC(C)C. The van der Waals surface area contributed by atoms with Gasteiger partial charge >= 0.3 is 17.9 Å². The lowest BCUT2D eigenvalue weighted by molar-refractivity contribution is -0.167. The quantitative estimate of drug-likeness (QED) is 0.0345. The van der Waals surface area contributed by atoms with Crippen molar-refractivity contribution in [3.63, 3.8) is 0 Å². The van der Waals surface area contributed by atoms with Crippen molar-refractivity contribution in [2.75, 3.05) is 13.2 Å². The van der Waals surface area contributed by atoms with Gasteiger partial charge in [-0.05, 0) is 31.1 Å². The highest BCUT2D eigenvalue weighted by Crippen LogP contribution is 2.18. The average molecular weight is 835 g/mol. The molecule has 0 aliphatic carbocycles. The normalized spacial score (nSPS) is 12.5. The van der Waals surface area contributed by atoms with Crippen LogP contribution in [0.1, 0.15) is 291 Å². The van der Waals surface area contributed by atoms with Gasteiger partial charge in [0, 0.05) is 19.3 Å². The van der Waals surface area contributed by atoms with E-state index >= 15 is 0 Å². The van der Waals surface area contributed by atoms with Crippen LogP contribution in [-0.4, -0.2) is 37.2 Å². The predicted molar refractivity (Wildman–Crippen MR) is 252 cm³/mol. The summed E-state index contributed by atoms with van der Waals surface area (Å²) in [6, 6.07) is 0. The van der Waals surface area contributed by atoms with Crippen LogP contribution in [0, 0.1) is 11.8 Å². The Hall–Kier alpha value is -1.59. The molecule has 0 radical (unpaired) electrons. The summed E-state index contributed by atoms with van der Waals surface area (Å²) < 4.78 is 16.8. The molecule has 0 rings (SSSR count). The van der Waals surface area contributed by atoms with Crippen LogP contribution in [0.25, 0.3) is 0 Å². The first kappa shape index (κ1) is 57.4. The van der Waals surface area contributed by atoms with Crippen LogP contribution in [0.3, 0.4) is 0 Å². The Morgan fingerprint density at radius 1 is 0.356 bits per heavy atom. The van der Waals surface area contributed by atoms with Crippen LogP contribution in [0.4, 0.5) is 0 Å². The van der Waals surface area contributed by atoms with Crippen molar-refractivity contribution in [3.05, 3.63) is 0 Å². The Kier molecular flexibility index (Phi) is 44.7. The first-order chi connectivity index (χ1) is 28.8. The largest absolute Gasteiger partial charge is 0.462 e. The van der Waals surface area contributed by atoms with Gasteiger partial charge in [-0.2, -0.15) is 0 Å². The summed E-state index contributed by atoms with van der Waals surface area (Å²) in [5.74, 6) is 0.847. The fraction of sp³-hybridized carbons (Fsp3) is 0.943. The number of carbonyl (C=O) groups is 3. The maximum absolute atomic E-state index is 12.8. The molecule has 0 aromatic carbocycles. The number of esters is 3. The average Bonchev–Trinajstić information content (AvgIpc) is 3.22. The van der Waals surface area contributed by atoms with Crippen molar-refractivity contribution in [1.82, 2.24) is 0 Å². The number of ether oxygens (including phenoxy) is 3. The molecule has 0 fully saturated rings. The second kappa shape index (κ2) is 45.9. The Morgan fingerprint density at radius 3 is 0.966 bits per heavy atom. The van der Waals surface area contributed by atoms with Crippen molar-refractivity contribution in [3.8, 4) is 0 Å². The van der Waals surface area contributed by atoms with Crippen molar-refractivity contribution in [2.24, 2.45) is 11.8 Å². The fourth-order valence-electron chi connectivity index (χ4n) is 7.96. The zero-order valence-corrected chi connectivity index (χ0v) is 40.4. The number of carbonyl (C=O) groups excluding carboxylic acids is 3. The maximum Gasteiger partial charge on any atom is 0.306 e. The predicted octanol–water partition coefficient (Wildman–Crippen LogP) is 16.9. The summed E-state index contributed by atoms with van der Waals surface area (Å²) in [7, 11) is 0. The molecule has 0 bridgehead atoms. The molecular weight excluding hydrogens is 733 g/mol. The standard InChI is InChI=1S/C53H102O6/c1-6-8-9-10-11-12-13-14-17-23-28-33-38-43-51(54)57-46-50(59-53(56)45-40-35-30-25-18-15-16-21-26-31-36-41-48(3)4)47-58-52(55)44-39-34-29-24-20-19-22-27-32-37-42-49(5)7-2/h48-50H,6-47H2,1-5H3/t49?,50-/m1/s1. The van der Waals surface area contributed by atoms with Gasteiger partial charge in [0.05, 0.1) is 0 Å². The van der Waals surface area contributed by atoms with E-state index in [2.05, 4.69) is 34.6 Å². The van der Waals surface area contributed by atoms with Crippen LogP contribution in [0.5, 0.6) is 0 Å². The van der Waals surface area contributed by atoms with Crippen molar-refractivity contribution in [2.45, 2.75) is 298 Å². The molecule has 350 valence electrons. The monoisotopic (exact) mass is 835 g/mol. The number of hydrogen-bond donors (Lipinski definition) is 0. The number of rotatable bonds is 47. The first-order valence-electron chi connectivity index (χ1n) is 26.3. The van der Waals surface area contributed by atoms with Gasteiger partial charge in [-0.25, -0.2) is 0 Å². The molecule has 59 heavy (non-hydrogen) atoms. The van der Waals surface area contributed by atoms with E-state index in [1.165, 1.54) is 180 Å². The second-order valence-electron chi connectivity index (χ2n) is 18.9. The lowest BCUT2D eigenvalue weighted by Gasteiger charge is -2.18. The van der Waals surface area contributed by atoms with Crippen LogP contribution < -0.4 is 0 Å². The summed E-state index contributed by atoms with van der Waals surface area (Å²) in [5, 5.41) is 0. The second-order valence-corrected chi connectivity index (χ2v) is 18.9. The van der Waals surface area contributed by atoms with E-state index < -0.39 is 6.10 Å². The molecule has 2 atom stereocenters. The molecule has 0 saturated carbocycles. The van der Waals surface area contributed by atoms with E-state index in [-0.39, 0.29) is 31.1 Å². The summed E-state index contributed by atoms with van der Waals surface area (Å²) in [4.78, 5) is 38.0. The molecule has 0 N–H and O–H groups in total. The molecule has 0 aromatic heterocycles. The number of hydrogen-bond acceptors (Lipinski definition) is 6. The zero-order valence-electron chi connectivity index (χ0n) is 40.4. The maximum atomic E-state index is 12.8. The topological polar surface area (TPSA) is 78.9 Å². The zero-order chi connectivity index (χ0) is 43.3. The molecule has 0 aliphatic rings. The van der Waals surface area contributed by atoms with Crippen LogP contribution in [0.15, 0.2) is 0 Å². The van der Waals surface area contributed by atoms with Gasteiger partial charge in [-0.3, -0.25) is 14.4 Å². The third kappa shape index (κ3) is 45.8. The van der Waals surface area contributed by atoms with Crippen molar-refractivity contribution < 1.29 is 28.6 Å². The first-order valence-corrected chi connectivity index (χ1v) is 26.3. The van der Waals surface area contributed by atoms with Gasteiger partial charge in [0.25, 0.3) is 0 Å². The third-order valence-corrected chi connectivity index (χ3v) is 12.3. The lowest BCUT2D eigenvalue weighted by atomic mass is 9.99. The third-order valence-electron chi connectivity index (χ3n) is 12.3. The van der Waals surface area contributed by atoms with Crippen LogP contribution in [-0.2, 0) is 28.6 Å². The summed E-state index contributed by atoms with van der Waals surface area (Å²) in [6.07, 6.45) is 46.5. The highest BCUT2D eigenvalue weighted by Gasteiger charge is 2.19. The highest BCUT2D eigenvalue weighted by molar-refractivity contribution is 5.71. The van der Waals surface area contributed by atoms with E-state index in [0.29, 0.717) is 19.3 Å². The minimum absolute atomic E-state index is 0.0636. The Labute approximate surface area is 368 Å². The van der Waals surface area contributed by atoms with E-state index in [1.54, 1.807) is 0 Å². The Bertz CT molecular complexity index is 902. The van der Waals surface area contributed by atoms with Gasteiger partial charge in [-0.15, -0.1) is 0 Å². The van der Waals surface area contributed by atoms with E-state index in [9.17, 15) is 14.4 Å². The number of unbranched alkanes of at least 4 members (excludes halogenated alkanes) is 31. The molecule has 0 heterocycles. The molecule has 0 saturated heterocycles. The van der Waals surface area contributed by atoms with Gasteiger partial charge in [0.1, 0.15) is 13.2 Å². The molecule has 0 aromatic rings. The van der Waals surface area contributed by atoms with Crippen LogP contribution in [0.2, 0.25) is 0 Å². The molecule has 6 heteroatoms. The molecule has 0 amide bonds. The summed E-state index contributed by atoms with van der Waals surface area (Å²) in [6.45, 7) is 11.4. The minimum atomic E-state index is -0.762. The minimum Gasteiger partial charge on any atom is -0.462 e. The van der Waals surface area contributed by atoms with Crippen molar-refractivity contribution >= 4 is 17.9 Å². The molecule has 1 unspecified atom stereocenters.